The van der Waals surface area contributed by atoms with Crippen molar-refractivity contribution in [3.63, 3.8) is 0 Å². The number of carbonyl (C=O) groups is 1. The van der Waals surface area contributed by atoms with E-state index in [4.69, 9.17) is 16.3 Å². The number of hydrogen-bond donors (Lipinski definition) is 1. The number of aromatic nitrogens is 2. The van der Waals surface area contributed by atoms with Crippen LogP contribution in [0.4, 0.5) is 11.5 Å². The van der Waals surface area contributed by atoms with E-state index in [0.717, 1.165) is 31.9 Å². The predicted molar refractivity (Wildman–Crippen MR) is 123 cm³/mol. The molecule has 4 aromatic rings. The molecule has 0 unspecified atom stereocenters. The minimum Gasteiger partial charge on any atom is -0.459 e. The number of fused-ring (bicyclic) bond motifs is 1. The van der Waals surface area contributed by atoms with Gasteiger partial charge in [-0.25, -0.2) is 14.8 Å². The van der Waals surface area contributed by atoms with E-state index < -0.39 is 0 Å². The van der Waals surface area contributed by atoms with Crippen LogP contribution in [0.5, 0.6) is 0 Å². The summed E-state index contributed by atoms with van der Waals surface area (Å²) in [4.78, 5) is 23.2. The largest absolute Gasteiger partial charge is 0.459 e. The molecule has 0 bridgehead atoms. The van der Waals surface area contributed by atoms with Gasteiger partial charge in [-0.2, -0.15) is 0 Å². The minimum absolute atomic E-state index is 0.175. The number of rotatable bonds is 5. The molecule has 0 saturated heterocycles. The molecule has 5 nitrogen and oxygen atoms in total. The molecule has 0 spiro atoms. The molecule has 30 heavy (non-hydrogen) atoms. The van der Waals surface area contributed by atoms with Crippen molar-refractivity contribution in [3.8, 4) is 11.1 Å². The summed E-state index contributed by atoms with van der Waals surface area (Å²) >= 11 is 7.69. The predicted octanol–water partition coefficient (Wildman–Crippen LogP) is 6.63. The lowest BCUT2D eigenvalue weighted by Crippen LogP contribution is -2.11. The second-order valence-corrected chi connectivity index (χ2v) is 8.74. The first-order valence-electron chi connectivity index (χ1n) is 9.50. The van der Waals surface area contributed by atoms with Crippen LogP contribution < -0.4 is 5.32 Å². The number of halogens is 1. The Hall–Kier alpha value is -2.96. The average molecular weight is 438 g/mol. The Kier molecular flexibility index (Phi) is 5.70. The van der Waals surface area contributed by atoms with Crippen LogP contribution in [0.25, 0.3) is 21.3 Å². The maximum absolute atomic E-state index is 12.3. The average Bonchev–Trinajstić information content (AvgIpc) is 3.05. The van der Waals surface area contributed by atoms with Crippen LogP contribution in [-0.2, 0) is 4.74 Å². The molecule has 0 amide bonds. The van der Waals surface area contributed by atoms with Crippen molar-refractivity contribution in [2.45, 2.75) is 26.9 Å². The number of thiophene rings is 1. The molecule has 7 heteroatoms. The Morgan fingerprint density at radius 3 is 2.63 bits per heavy atom. The van der Waals surface area contributed by atoms with Gasteiger partial charge in [-0.05, 0) is 56.7 Å². The third-order valence-electron chi connectivity index (χ3n) is 4.50. The monoisotopic (exact) mass is 437 g/mol. The third kappa shape index (κ3) is 4.15. The van der Waals surface area contributed by atoms with Crippen LogP contribution >= 0.6 is 22.9 Å². The van der Waals surface area contributed by atoms with Gasteiger partial charge < -0.3 is 10.1 Å². The molecule has 0 saturated carbocycles. The van der Waals surface area contributed by atoms with Crippen molar-refractivity contribution in [2.24, 2.45) is 0 Å². The molecule has 0 radical (unpaired) electrons. The normalized spacial score (nSPS) is 11.1. The second kappa shape index (κ2) is 8.42. The summed E-state index contributed by atoms with van der Waals surface area (Å²) in [5.74, 6) is 0.332. The van der Waals surface area contributed by atoms with Gasteiger partial charge in [-0.15, -0.1) is 11.3 Å². The standard InChI is InChI=1S/C23H20ClN3O2S/c1-13(2)29-23(28)16-5-4-6-18(11-16)27-21-20-19(15-7-9-17(24)10-8-15)14(3)30-22(20)26-12-25-21/h4-13H,1-3H3,(H,25,26,27). The van der Waals surface area contributed by atoms with E-state index in [1.54, 1.807) is 29.8 Å². The third-order valence-corrected chi connectivity index (χ3v) is 5.77. The second-order valence-electron chi connectivity index (χ2n) is 7.10. The molecule has 1 N–H and O–H groups in total. The highest BCUT2D eigenvalue weighted by Gasteiger charge is 2.17. The Morgan fingerprint density at radius 1 is 1.13 bits per heavy atom. The van der Waals surface area contributed by atoms with Gasteiger partial charge in [-0.3, -0.25) is 0 Å². The number of aryl methyl sites for hydroxylation is 1. The van der Waals surface area contributed by atoms with Crippen LogP contribution in [0.1, 0.15) is 29.1 Å². The fraction of sp³-hybridized carbons (Fsp3) is 0.174. The number of hydrogen-bond acceptors (Lipinski definition) is 6. The number of ether oxygens (including phenoxy) is 1. The molecule has 0 atom stereocenters. The van der Waals surface area contributed by atoms with Crippen LogP contribution in [0.2, 0.25) is 5.02 Å². The minimum atomic E-state index is -0.352. The molecule has 0 fully saturated rings. The number of carbonyl (C=O) groups excluding carboxylic acids is 1. The van der Waals surface area contributed by atoms with E-state index in [1.807, 2.05) is 50.2 Å². The summed E-state index contributed by atoms with van der Waals surface area (Å²) < 4.78 is 5.30. The molecule has 2 aromatic carbocycles. The number of nitrogens with one attached hydrogen (secondary N) is 1. The highest BCUT2D eigenvalue weighted by atomic mass is 35.5. The summed E-state index contributed by atoms with van der Waals surface area (Å²) in [7, 11) is 0. The van der Waals surface area contributed by atoms with E-state index in [-0.39, 0.29) is 12.1 Å². The number of benzene rings is 2. The smallest absolute Gasteiger partial charge is 0.338 e. The van der Waals surface area contributed by atoms with Gasteiger partial charge in [0.1, 0.15) is 17.0 Å². The molecule has 152 valence electrons. The van der Waals surface area contributed by atoms with Crippen LogP contribution in [0.15, 0.2) is 54.9 Å². The van der Waals surface area contributed by atoms with Gasteiger partial charge in [-0.1, -0.05) is 29.8 Å². The highest BCUT2D eigenvalue weighted by molar-refractivity contribution is 7.19. The van der Waals surface area contributed by atoms with Crippen molar-refractivity contribution in [2.75, 3.05) is 5.32 Å². The molecular formula is C23H20ClN3O2S. The van der Waals surface area contributed by atoms with E-state index in [2.05, 4.69) is 22.2 Å². The van der Waals surface area contributed by atoms with Gasteiger partial charge in [0.25, 0.3) is 0 Å². The fourth-order valence-electron chi connectivity index (χ4n) is 3.25. The summed E-state index contributed by atoms with van der Waals surface area (Å²) in [6.07, 6.45) is 1.37. The van der Waals surface area contributed by atoms with Crippen molar-refractivity contribution < 1.29 is 9.53 Å². The molecule has 0 aliphatic carbocycles. The zero-order chi connectivity index (χ0) is 21.3. The number of anilines is 2. The Balaban J connectivity index is 1.76. The summed E-state index contributed by atoms with van der Waals surface area (Å²) in [6, 6.07) is 14.9. The first kappa shape index (κ1) is 20.3. The number of esters is 1. The molecule has 0 aliphatic heterocycles. The van der Waals surface area contributed by atoms with Crippen molar-refractivity contribution in [1.82, 2.24) is 9.97 Å². The lowest BCUT2D eigenvalue weighted by molar-refractivity contribution is 0.0378. The lowest BCUT2D eigenvalue weighted by Gasteiger charge is -2.11. The van der Waals surface area contributed by atoms with Gasteiger partial charge in [0, 0.05) is 21.2 Å². The maximum atomic E-state index is 12.3. The summed E-state index contributed by atoms with van der Waals surface area (Å²) in [5.41, 5.74) is 3.36. The lowest BCUT2D eigenvalue weighted by atomic mass is 10.0. The van der Waals surface area contributed by atoms with Crippen LogP contribution in [-0.4, -0.2) is 22.0 Å². The van der Waals surface area contributed by atoms with Gasteiger partial charge in [0.2, 0.25) is 0 Å². The van der Waals surface area contributed by atoms with Crippen molar-refractivity contribution >= 4 is 50.6 Å². The molecule has 4 rings (SSSR count). The topological polar surface area (TPSA) is 64.1 Å². The quantitative estimate of drug-likeness (QED) is 0.355. The Bertz CT molecular complexity index is 1220. The first-order valence-corrected chi connectivity index (χ1v) is 10.7. The first-order chi connectivity index (χ1) is 14.4. The van der Waals surface area contributed by atoms with Crippen molar-refractivity contribution in [1.29, 1.82) is 0 Å². The van der Waals surface area contributed by atoms with E-state index >= 15 is 0 Å². The van der Waals surface area contributed by atoms with Crippen LogP contribution in [0.3, 0.4) is 0 Å². The molecule has 0 aliphatic rings. The Morgan fingerprint density at radius 2 is 1.90 bits per heavy atom. The van der Waals surface area contributed by atoms with Gasteiger partial charge in [0.15, 0.2) is 0 Å². The Labute approximate surface area is 183 Å². The number of nitrogens with zero attached hydrogens (tertiary/aromatic N) is 2. The van der Waals surface area contributed by atoms with E-state index in [0.29, 0.717) is 16.4 Å². The SMILES string of the molecule is Cc1sc2ncnc(Nc3cccc(C(=O)OC(C)C)c3)c2c1-c1ccc(Cl)cc1. The van der Waals surface area contributed by atoms with Crippen LogP contribution in [0, 0.1) is 6.92 Å². The molecule has 2 aromatic heterocycles. The summed E-state index contributed by atoms with van der Waals surface area (Å²) in [5, 5.41) is 4.98. The summed E-state index contributed by atoms with van der Waals surface area (Å²) in [6.45, 7) is 5.73. The molecule has 2 heterocycles. The van der Waals surface area contributed by atoms with Crippen molar-refractivity contribution in [3.05, 3.63) is 70.3 Å². The zero-order valence-corrected chi connectivity index (χ0v) is 18.3. The van der Waals surface area contributed by atoms with E-state index in [1.165, 1.54) is 0 Å². The maximum Gasteiger partial charge on any atom is 0.338 e. The molecular weight excluding hydrogens is 418 g/mol. The van der Waals surface area contributed by atoms with Gasteiger partial charge >= 0.3 is 5.97 Å². The highest BCUT2D eigenvalue weighted by Crippen LogP contribution is 2.41. The van der Waals surface area contributed by atoms with E-state index in [9.17, 15) is 4.79 Å². The van der Waals surface area contributed by atoms with Gasteiger partial charge in [0.05, 0.1) is 17.1 Å². The fourth-order valence-corrected chi connectivity index (χ4v) is 4.38. The zero-order valence-electron chi connectivity index (χ0n) is 16.8.